The predicted octanol–water partition coefficient (Wildman–Crippen LogP) is 0.975. The van der Waals surface area contributed by atoms with E-state index in [0.29, 0.717) is 0 Å². The van der Waals surface area contributed by atoms with Gasteiger partial charge >= 0.3 is 18.0 Å². The smallest absolute Gasteiger partial charge is 0.410 e. The molecule has 0 saturated heterocycles. The summed E-state index contributed by atoms with van der Waals surface area (Å²) < 4.78 is 13.9. The number of rotatable bonds is 5. The Bertz CT molecular complexity index is 473. The average Bonchev–Trinajstić information content (AvgIpc) is 2.44. The molecule has 1 unspecified atom stereocenters. The molecule has 0 aliphatic heterocycles. The zero-order chi connectivity index (χ0) is 15.0. The standard InChI is InChI=1S/C13H15NO6/c1-9(15)20-11(12(16)18-2)14-13(17)19-8-10-6-4-3-5-7-10/h3-7,11H,8H2,1-2H3,(H,14,17). The Morgan fingerprint density at radius 1 is 1.20 bits per heavy atom. The van der Waals surface area contributed by atoms with Crippen LogP contribution in [0.15, 0.2) is 30.3 Å². The lowest BCUT2D eigenvalue weighted by Crippen LogP contribution is -2.44. The Kier molecular flexibility index (Phi) is 6.02. The van der Waals surface area contributed by atoms with Crippen molar-refractivity contribution in [1.29, 1.82) is 0 Å². The van der Waals surface area contributed by atoms with Crippen LogP contribution in [-0.4, -0.2) is 31.4 Å². The number of carbonyl (C=O) groups is 3. The Hall–Kier alpha value is -2.57. The Balaban J connectivity index is 2.49. The van der Waals surface area contributed by atoms with Crippen LogP contribution in [0.1, 0.15) is 12.5 Å². The summed E-state index contributed by atoms with van der Waals surface area (Å²) in [6.45, 7) is 1.13. The molecular formula is C13H15NO6. The number of carbonyl (C=O) groups excluding carboxylic acids is 3. The number of esters is 2. The minimum atomic E-state index is -1.53. The van der Waals surface area contributed by atoms with Crippen molar-refractivity contribution in [1.82, 2.24) is 5.32 Å². The number of methoxy groups -OCH3 is 1. The summed E-state index contributed by atoms with van der Waals surface area (Å²) in [4.78, 5) is 33.6. The lowest BCUT2D eigenvalue weighted by atomic mass is 10.2. The summed E-state index contributed by atoms with van der Waals surface area (Å²) in [5, 5.41) is 2.09. The van der Waals surface area contributed by atoms with Gasteiger partial charge in [0, 0.05) is 6.92 Å². The van der Waals surface area contributed by atoms with E-state index in [1.807, 2.05) is 6.07 Å². The molecule has 0 radical (unpaired) electrons. The largest absolute Gasteiger partial charge is 0.465 e. The summed E-state index contributed by atoms with van der Waals surface area (Å²) in [7, 11) is 1.11. The molecule has 20 heavy (non-hydrogen) atoms. The van der Waals surface area contributed by atoms with E-state index < -0.39 is 24.3 Å². The lowest BCUT2D eigenvalue weighted by Gasteiger charge is -2.15. The molecule has 108 valence electrons. The zero-order valence-electron chi connectivity index (χ0n) is 11.1. The van der Waals surface area contributed by atoms with Crippen LogP contribution < -0.4 is 5.32 Å². The molecule has 0 aromatic heterocycles. The van der Waals surface area contributed by atoms with Crippen molar-refractivity contribution >= 4 is 18.0 Å². The highest BCUT2D eigenvalue weighted by molar-refractivity contribution is 5.82. The lowest BCUT2D eigenvalue weighted by molar-refractivity contribution is -0.166. The molecule has 7 nitrogen and oxygen atoms in total. The van der Waals surface area contributed by atoms with Crippen LogP contribution in [0.5, 0.6) is 0 Å². The molecule has 1 amide bonds. The Morgan fingerprint density at radius 3 is 2.40 bits per heavy atom. The molecule has 0 heterocycles. The van der Waals surface area contributed by atoms with Crippen LogP contribution in [0.3, 0.4) is 0 Å². The van der Waals surface area contributed by atoms with Crippen molar-refractivity contribution in [2.24, 2.45) is 0 Å². The minimum absolute atomic E-state index is 0.0284. The molecule has 1 rings (SSSR count). The second-order valence-corrected chi connectivity index (χ2v) is 3.72. The number of nitrogens with one attached hydrogen (secondary N) is 1. The van der Waals surface area contributed by atoms with Gasteiger partial charge in [-0.25, -0.2) is 9.59 Å². The predicted molar refractivity (Wildman–Crippen MR) is 67.3 cm³/mol. The van der Waals surface area contributed by atoms with Crippen molar-refractivity contribution < 1.29 is 28.6 Å². The van der Waals surface area contributed by atoms with Gasteiger partial charge < -0.3 is 14.2 Å². The van der Waals surface area contributed by atoms with Gasteiger partial charge in [0.1, 0.15) is 6.61 Å². The van der Waals surface area contributed by atoms with E-state index >= 15 is 0 Å². The first-order chi connectivity index (χ1) is 9.52. The van der Waals surface area contributed by atoms with Crippen molar-refractivity contribution in [3.05, 3.63) is 35.9 Å². The monoisotopic (exact) mass is 281 g/mol. The fourth-order valence-electron chi connectivity index (χ4n) is 1.28. The third-order valence-corrected chi connectivity index (χ3v) is 2.16. The van der Waals surface area contributed by atoms with Crippen LogP contribution in [0.25, 0.3) is 0 Å². The van der Waals surface area contributed by atoms with E-state index in [-0.39, 0.29) is 6.61 Å². The highest BCUT2D eigenvalue weighted by Crippen LogP contribution is 2.01. The van der Waals surface area contributed by atoms with Crippen LogP contribution in [-0.2, 0) is 30.4 Å². The number of hydrogen-bond donors (Lipinski definition) is 1. The van der Waals surface area contributed by atoms with Crippen LogP contribution >= 0.6 is 0 Å². The van der Waals surface area contributed by atoms with Gasteiger partial charge in [0.2, 0.25) is 0 Å². The van der Waals surface area contributed by atoms with Crippen molar-refractivity contribution in [2.75, 3.05) is 7.11 Å². The first-order valence-electron chi connectivity index (χ1n) is 5.75. The van der Waals surface area contributed by atoms with Gasteiger partial charge in [-0.05, 0) is 5.56 Å². The second-order valence-electron chi connectivity index (χ2n) is 3.72. The van der Waals surface area contributed by atoms with Gasteiger partial charge in [-0.2, -0.15) is 0 Å². The normalized spacial score (nSPS) is 11.1. The van der Waals surface area contributed by atoms with E-state index in [4.69, 9.17) is 4.74 Å². The Morgan fingerprint density at radius 2 is 1.85 bits per heavy atom. The molecule has 0 bridgehead atoms. The van der Waals surface area contributed by atoms with Gasteiger partial charge in [-0.1, -0.05) is 30.3 Å². The first kappa shape index (κ1) is 15.5. The summed E-state index contributed by atoms with van der Waals surface area (Å²) in [5.41, 5.74) is 0.782. The fourth-order valence-corrected chi connectivity index (χ4v) is 1.28. The Labute approximate surface area is 115 Å². The second kappa shape index (κ2) is 7.78. The number of hydrogen-bond acceptors (Lipinski definition) is 6. The molecule has 0 fully saturated rings. The SMILES string of the molecule is COC(=O)C(NC(=O)OCc1ccccc1)OC(C)=O. The topological polar surface area (TPSA) is 90.9 Å². The van der Waals surface area contributed by atoms with Gasteiger partial charge in [-0.3, -0.25) is 10.1 Å². The van der Waals surface area contributed by atoms with E-state index in [2.05, 4.69) is 14.8 Å². The van der Waals surface area contributed by atoms with E-state index in [0.717, 1.165) is 19.6 Å². The number of amides is 1. The van der Waals surface area contributed by atoms with Gasteiger partial charge in [0.05, 0.1) is 7.11 Å². The van der Waals surface area contributed by atoms with Crippen LogP contribution in [0.2, 0.25) is 0 Å². The van der Waals surface area contributed by atoms with Crippen molar-refractivity contribution in [2.45, 2.75) is 19.8 Å². The molecular weight excluding hydrogens is 266 g/mol. The zero-order valence-corrected chi connectivity index (χ0v) is 11.1. The third-order valence-electron chi connectivity index (χ3n) is 2.16. The average molecular weight is 281 g/mol. The maximum Gasteiger partial charge on any atom is 0.410 e. The van der Waals surface area contributed by atoms with Crippen LogP contribution in [0, 0.1) is 0 Å². The molecule has 1 aromatic carbocycles. The molecule has 0 aliphatic rings. The van der Waals surface area contributed by atoms with E-state index in [1.165, 1.54) is 0 Å². The van der Waals surface area contributed by atoms with E-state index in [9.17, 15) is 14.4 Å². The van der Waals surface area contributed by atoms with E-state index in [1.54, 1.807) is 24.3 Å². The highest BCUT2D eigenvalue weighted by Gasteiger charge is 2.25. The van der Waals surface area contributed by atoms with Crippen molar-refractivity contribution in [3.63, 3.8) is 0 Å². The maximum atomic E-state index is 11.5. The first-order valence-corrected chi connectivity index (χ1v) is 5.75. The van der Waals surface area contributed by atoms with Gasteiger partial charge in [0.25, 0.3) is 6.23 Å². The van der Waals surface area contributed by atoms with Gasteiger partial charge in [0.15, 0.2) is 0 Å². The summed E-state index contributed by atoms with van der Waals surface area (Å²) in [5.74, 6) is -1.64. The molecule has 1 atom stereocenters. The number of ether oxygens (including phenoxy) is 3. The number of alkyl carbamates (subject to hydrolysis) is 1. The van der Waals surface area contributed by atoms with Gasteiger partial charge in [-0.15, -0.1) is 0 Å². The molecule has 1 aromatic rings. The summed E-state index contributed by atoms with van der Waals surface area (Å²) >= 11 is 0. The minimum Gasteiger partial charge on any atom is -0.465 e. The fraction of sp³-hybridized carbons (Fsp3) is 0.308. The molecule has 0 spiro atoms. The van der Waals surface area contributed by atoms with Crippen LogP contribution in [0.4, 0.5) is 4.79 Å². The molecule has 1 N–H and O–H groups in total. The summed E-state index contributed by atoms with van der Waals surface area (Å²) in [6, 6.07) is 8.98. The molecule has 7 heteroatoms. The number of benzene rings is 1. The molecule has 0 saturated carbocycles. The van der Waals surface area contributed by atoms with Crippen molar-refractivity contribution in [3.8, 4) is 0 Å². The third kappa shape index (κ3) is 5.38. The quantitative estimate of drug-likeness (QED) is 0.491. The summed E-state index contributed by atoms with van der Waals surface area (Å²) in [6.07, 6.45) is -2.42. The molecule has 0 aliphatic carbocycles. The maximum absolute atomic E-state index is 11.5. The highest BCUT2D eigenvalue weighted by atomic mass is 16.6.